The molecule has 1 aromatic carbocycles. The van der Waals surface area contributed by atoms with Crippen molar-refractivity contribution in [2.24, 2.45) is 4.99 Å². The summed E-state index contributed by atoms with van der Waals surface area (Å²) >= 11 is 0. The van der Waals surface area contributed by atoms with Crippen LogP contribution in [-0.2, 0) is 16.1 Å². The third-order valence-corrected chi connectivity index (χ3v) is 2.34. The molecule has 0 saturated heterocycles. The second-order valence-corrected chi connectivity index (χ2v) is 3.64. The zero-order valence-corrected chi connectivity index (χ0v) is 9.00. The first-order valence-electron chi connectivity index (χ1n) is 5.28. The normalized spacial score (nSPS) is 14.1. The van der Waals surface area contributed by atoms with E-state index in [1.807, 2.05) is 35.2 Å². The average molecular weight is 218 g/mol. The summed E-state index contributed by atoms with van der Waals surface area (Å²) in [7, 11) is 0. The fourth-order valence-corrected chi connectivity index (χ4v) is 1.49. The van der Waals surface area contributed by atoms with Crippen LogP contribution in [0.1, 0.15) is 5.56 Å². The molecule has 0 atom stereocenters. The average Bonchev–Trinajstić information content (AvgIpc) is 2.81. The second-order valence-electron chi connectivity index (χ2n) is 3.64. The van der Waals surface area contributed by atoms with Gasteiger partial charge in [-0.15, -0.1) is 0 Å². The molecule has 0 bridgehead atoms. The van der Waals surface area contributed by atoms with Crippen LogP contribution in [0, 0.1) is 0 Å². The van der Waals surface area contributed by atoms with Crippen molar-refractivity contribution in [2.75, 3.05) is 19.6 Å². The molecule has 4 heteroatoms. The standard InChI is InChI=1S/C12H14N2O2/c15-12(8-14-7-6-13-10-14)16-9-11-4-2-1-3-5-11/h1-5,10H,6-9H2. The third-order valence-electron chi connectivity index (χ3n) is 2.34. The van der Waals surface area contributed by atoms with Crippen molar-refractivity contribution < 1.29 is 9.53 Å². The predicted octanol–water partition coefficient (Wildman–Crippen LogP) is 1.07. The van der Waals surface area contributed by atoms with Gasteiger partial charge in [-0.3, -0.25) is 9.79 Å². The van der Waals surface area contributed by atoms with Crippen molar-refractivity contribution in [3.05, 3.63) is 35.9 Å². The molecule has 4 nitrogen and oxygen atoms in total. The lowest BCUT2D eigenvalue weighted by molar-refractivity contribution is -0.145. The molecule has 0 saturated carbocycles. The number of nitrogens with zero attached hydrogens (tertiary/aromatic N) is 2. The van der Waals surface area contributed by atoms with Gasteiger partial charge in [0.1, 0.15) is 13.2 Å². The SMILES string of the molecule is O=C(CN1C=NCC1)OCc1ccccc1. The molecule has 2 rings (SSSR count). The van der Waals surface area contributed by atoms with Crippen molar-refractivity contribution in [1.82, 2.24) is 4.90 Å². The Morgan fingerprint density at radius 2 is 2.19 bits per heavy atom. The van der Waals surface area contributed by atoms with Gasteiger partial charge in [-0.05, 0) is 5.56 Å². The van der Waals surface area contributed by atoms with Gasteiger partial charge in [0.05, 0.1) is 12.9 Å². The van der Waals surface area contributed by atoms with Crippen LogP contribution in [-0.4, -0.2) is 36.8 Å². The minimum Gasteiger partial charge on any atom is -0.459 e. The molecule has 16 heavy (non-hydrogen) atoms. The highest BCUT2D eigenvalue weighted by Gasteiger charge is 2.11. The summed E-state index contributed by atoms with van der Waals surface area (Å²) in [6.07, 6.45) is 1.70. The summed E-state index contributed by atoms with van der Waals surface area (Å²) in [5.74, 6) is -0.211. The van der Waals surface area contributed by atoms with Crippen molar-refractivity contribution in [1.29, 1.82) is 0 Å². The van der Waals surface area contributed by atoms with E-state index >= 15 is 0 Å². The lowest BCUT2D eigenvalue weighted by Gasteiger charge is -2.12. The molecule has 1 aliphatic heterocycles. The molecule has 1 aromatic rings. The van der Waals surface area contributed by atoms with Crippen LogP contribution < -0.4 is 0 Å². The first-order chi connectivity index (χ1) is 7.84. The van der Waals surface area contributed by atoms with Crippen LogP contribution in [0.4, 0.5) is 0 Å². The van der Waals surface area contributed by atoms with Gasteiger partial charge in [0.15, 0.2) is 0 Å². The molecule has 0 aromatic heterocycles. The second kappa shape index (κ2) is 5.30. The number of aliphatic imine (C=N–C) groups is 1. The highest BCUT2D eigenvalue weighted by molar-refractivity contribution is 5.75. The van der Waals surface area contributed by atoms with Crippen LogP contribution in [0.15, 0.2) is 35.3 Å². The molecule has 1 heterocycles. The van der Waals surface area contributed by atoms with E-state index in [0.717, 1.165) is 18.7 Å². The highest BCUT2D eigenvalue weighted by atomic mass is 16.5. The molecule has 1 aliphatic rings. The highest BCUT2D eigenvalue weighted by Crippen LogP contribution is 2.01. The van der Waals surface area contributed by atoms with Crippen molar-refractivity contribution >= 4 is 12.3 Å². The first-order valence-corrected chi connectivity index (χ1v) is 5.28. The topological polar surface area (TPSA) is 41.9 Å². The summed E-state index contributed by atoms with van der Waals surface area (Å²) in [4.78, 5) is 17.3. The Bertz CT molecular complexity index is 376. The van der Waals surface area contributed by atoms with E-state index in [1.165, 1.54) is 0 Å². The van der Waals surface area contributed by atoms with Crippen LogP contribution in [0.2, 0.25) is 0 Å². The smallest absolute Gasteiger partial charge is 0.325 e. The van der Waals surface area contributed by atoms with Gasteiger partial charge in [-0.2, -0.15) is 0 Å². The molecule has 84 valence electrons. The van der Waals surface area contributed by atoms with Crippen molar-refractivity contribution in [3.8, 4) is 0 Å². The summed E-state index contributed by atoms with van der Waals surface area (Å²) in [6, 6.07) is 9.66. The van der Waals surface area contributed by atoms with Crippen LogP contribution in [0.25, 0.3) is 0 Å². The van der Waals surface area contributed by atoms with E-state index in [-0.39, 0.29) is 12.5 Å². The van der Waals surface area contributed by atoms with E-state index in [4.69, 9.17) is 4.74 Å². The molecule has 0 aliphatic carbocycles. The first kappa shape index (κ1) is 10.7. The number of carbonyl (C=O) groups is 1. The Hall–Kier alpha value is -1.84. The number of carbonyl (C=O) groups excluding carboxylic acids is 1. The molecule has 0 spiro atoms. The number of rotatable bonds is 4. The van der Waals surface area contributed by atoms with Crippen LogP contribution in [0.3, 0.4) is 0 Å². The molecule has 0 radical (unpaired) electrons. The molecule has 0 amide bonds. The number of esters is 1. The van der Waals surface area contributed by atoms with Gasteiger partial charge in [0.25, 0.3) is 0 Å². The summed E-state index contributed by atoms with van der Waals surface area (Å²) in [5, 5.41) is 0. The monoisotopic (exact) mass is 218 g/mol. The fourth-order valence-electron chi connectivity index (χ4n) is 1.49. The Labute approximate surface area is 94.5 Å². The molecular formula is C12H14N2O2. The zero-order chi connectivity index (χ0) is 11.2. The van der Waals surface area contributed by atoms with Crippen molar-refractivity contribution in [3.63, 3.8) is 0 Å². The van der Waals surface area contributed by atoms with Crippen molar-refractivity contribution in [2.45, 2.75) is 6.61 Å². The number of benzene rings is 1. The molecular weight excluding hydrogens is 204 g/mol. The minimum absolute atomic E-state index is 0.211. The summed E-state index contributed by atoms with van der Waals surface area (Å²) in [6.45, 7) is 2.20. The van der Waals surface area contributed by atoms with Crippen LogP contribution >= 0.6 is 0 Å². The fraction of sp³-hybridized carbons (Fsp3) is 0.333. The minimum atomic E-state index is -0.211. The molecule has 0 N–H and O–H groups in total. The van der Waals surface area contributed by atoms with Gasteiger partial charge in [0.2, 0.25) is 0 Å². The van der Waals surface area contributed by atoms with Gasteiger partial charge < -0.3 is 9.64 Å². The quantitative estimate of drug-likeness (QED) is 0.710. The lowest BCUT2D eigenvalue weighted by atomic mass is 10.2. The Balaban J connectivity index is 1.73. The lowest BCUT2D eigenvalue weighted by Crippen LogP contribution is -2.28. The Morgan fingerprint density at radius 3 is 2.88 bits per heavy atom. The van der Waals surface area contributed by atoms with Crippen LogP contribution in [0.5, 0.6) is 0 Å². The largest absolute Gasteiger partial charge is 0.459 e. The van der Waals surface area contributed by atoms with E-state index in [1.54, 1.807) is 6.34 Å². The maximum Gasteiger partial charge on any atom is 0.325 e. The number of hydrogen-bond acceptors (Lipinski definition) is 4. The van der Waals surface area contributed by atoms with E-state index in [0.29, 0.717) is 6.61 Å². The predicted molar refractivity (Wildman–Crippen MR) is 61.2 cm³/mol. The zero-order valence-electron chi connectivity index (χ0n) is 9.00. The maximum atomic E-state index is 11.4. The molecule has 0 fully saturated rings. The third kappa shape index (κ3) is 3.08. The van der Waals surface area contributed by atoms with E-state index < -0.39 is 0 Å². The van der Waals surface area contributed by atoms with Gasteiger partial charge in [0, 0.05) is 6.54 Å². The summed E-state index contributed by atoms with van der Waals surface area (Å²) in [5.41, 5.74) is 1.01. The maximum absolute atomic E-state index is 11.4. The van der Waals surface area contributed by atoms with Gasteiger partial charge >= 0.3 is 5.97 Å². The number of hydrogen-bond donors (Lipinski definition) is 0. The van der Waals surface area contributed by atoms with E-state index in [9.17, 15) is 4.79 Å². The van der Waals surface area contributed by atoms with E-state index in [2.05, 4.69) is 4.99 Å². The van der Waals surface area contributed by atoms with Gasteiger partial charge in [-0.1, -0.05) is 30.3 Å². The van der Waals surface area contributed by atoms with Gasteiger partial charge in [-0.25, -0.2) is 0 Å². The number of ether oxygens (including phenoxy) is 1. The molecule has 0 unspecified atom stereocenters. The Morgan fingerprint density at radius 1 is 1.38 bits per heavy atom. The summed E-state index contributed by atoms with van der Waals surface area (Å²) < 4.78 is 5.15. The Kier molecular flexibility index (Phi) is 3.53.